The summed E-state index contributed by atoms with van der Waals surface area (Å²) in [5, 5.41) is 0. The van der Waals surface area contributed by atoms with Crippen molar-refractivity contribution in [3.05, 3.63) is 0 Å². The molecule has 0 fully saturated rings. The summed E-state index contributed by atoms with van der Waals surface area (Å²) in [7, 11) is 0. The fraction of sp³-hybridized carbons (Fsp3) is 1.00. The fourth-order valence-electron chi connectivity index (χ4n) is 3.66. The molecule has 23 heavy (non-hydrogen) atoms. The minimum Gasteiger partial charge on any atom is -0.119 e. The van der Waals surface area contributed by atoms with Crippen molar-refractivity contribution >= 4 is 11.6 Å². The summed E-state index contributed by atoms with van der Waals surface area (Å²) in [5.74, 6) is 1.14. The second-order valence-electron chi connectivity index (χ2n) is 8.23. The molecule has 0 radical (unpaired) electrons. The van der Waals surface area contributed by atoms with Gasteiger partial charge in [-0.3, -0.25) is 0 Å². The minimum absolute atomic E-state index is 0.0117. The van der Waals surface area contributed by atoms with Gasteiger partial charge in [-0.25, -0.2) is 0 Å². The number of hydrogen-bond donors (Lipinski definition) is 0. The maximum atomic E-state index is 6.85. The number of hydrogen-bond acceptors (Lipinski definition) is 0. The molecule has 0 aromatic rings. The minimum atomic E-state index is 0.0117. The van der Waals surface area contributed by atoms with Crippen LogP contribution < -0.4 is 0 Å². The third kappa shape index (κ3) is 11.5. The van der Waals surface area contributed by atoms with Crippen LogP contribution in [-0.4, -0.2) is 4.87 Å². The van der Waals surface area contributed by atoms with E-state index in [1.165, 1.54) is 89.9 Å². The van der Waals surface area contributed by atoms with E-state index in [1.807, 2.05) is 0 Å². The van der Waals surface area contributed by atoms with Gasteiger partial charge in [-0.15, -0.1) is 11.6 Å². The van der Waals surface area contributed by atoms with Gasteiger partial charge in [0.2, 0.25) is 0 Å². The quantitative estimate of drug-likeness (QED) is 0.194. The van der Waals surface area contributed by atoms with Crippen molar-refractivity contribution in [1.29, 1.82) is 0 Å². The lowest BCUT2D eigenvalue weighted by Crippen LogP contribution is -2.34. The molecule has 140 valence electrons. The van der Waals surface area contributed by atoms with E-state index in [2.05, 4.69) is 34.6 Å². The number of unbranched alkanes of at least 4 members (excludes halogenated alkanes) is 12. The second-order valence-corrected chi connectivity index (χ2v) is 8.93. The third-order valence-corrected chi connectivity index (χ3v) is 6.64. The molecule has 1 heteroatoms. The molecule has 0 rings (SSSR count). The normalized spacial score (nSPS) is 12.5. The van der Waals surface area contributed by atoms with Crippen LogP contribution >= 0.6 is 11.6 Å². The van der Waals surface area contributed by atoms with Crippen molar-refractivity contribution in [2.75, 3.05) is 0 Å². The van der Waals surface area contributed by atoms with E-state index in [0.29, 0.717) is 11.8 Å². The predicted molar refractivity (Wildman–Crippen MR) is 109 cm³/mol. The standard InChI is InChI=1S/C22H45Cl/c1-6-7-8-9-10-11-12-13-14-15-16-17-18-19-22(23,20(2)3)21(4)5/h20-21H,6-19H2,1-5H3. The highest BCUT2D eigenvalue weighted by atomic mass is 35.5. The lowest BCUT2D eigenvalue weighted by Gasteiger charge is -2.35. The molecule has 0 bridgehead atoms. The molecule has 0 nitrogen and oxygen atoms in total. The first-order chi connectivity index (χ1) is 10.9. The first kappa shape index (κ1) is 23.3. The summed E-state index contributed by atoms with van der Waals surface area (Å²) in [6.07, 6.45) is 19.6. The van der Waals surface area contributed by atoms with Crippen molar-refractivity contribution < 1.29 is 0 Å². The largest absolute Gasteiger partial charge is 0.119 e. The van der Waals surface area contributed by atoms with Gasteiger partial charge in [0.25, 0.3) is 0 Å². The van der Waals surface area contributed by atoms with Gasteiger partial charge < -0.3 is 0 Å². The van der Waals surface area contributed by atoms with Crippen molar-refractivity contribution in [2.24, 2.45) is 11.8 Å². The molecule has 0 heterocycles. The van der Waals surface area contributed by atoms with Crippen molar-refractivity contribution in [3.63, 3.8) is 0 Å². The zero-order valence-corrected chi connectivity index (χ0v) is 17.7. The Hall–Kier alpha value is 0.290. The van der Waals surface area contributed by atoms with Gasteiger partial charge in [0.15, 0.2) is 0 Å². The maximum Gasteiger partial charge on any atom is 0.0492 e. The SMILES string of the molecule is CCCCCCCCCCCCCCCC(Cl)(C(C)C)C(C)C. The molecule has 0 unspecified atom stereocenters. The fourth-order valence-corrected chi connectivity index (χ4v) is 3.79. The molecule has 0 saturated carbocycles. The topological polar surface area (TPSA) is 0 Å². The molecule has 0 spiro atoms. The molecule has 0 atom stereocenters. The van der Waals surface area contributed by atoms with Crippen LogP contribution in [0.3, 0.4) is 0 Å². The molecule has 0 aliphatic rings. The maximum absolute atomic E-state index is 6.85. The van der Waals surface area contributed by atoms with E-state index < -0.39 is 0 Å². The Kier molecular flexibility index (Phi) is 14.8. The summed E-state index contributed by atoms with van der Waals surface area (Å²) < 4.78 is 0. The van der Waals surface area contributed by atoms with Gasteiger partial charge >= 0.3 is 0 Å². The van der Waals surface area contributed by atoms with Crippen LogP contribution in [0, 0.1) is 11.8 Å². The smallest absolute Gasteiger partial charge is 0.0492 e. The second kappa shape index (κ2) is 14.6. The Morgan fingerprint density at radius 3 is 1.17 bits per heavy atom. The summed E-state index contributed by atoms with van der Waals surface area (Å²) >= 11 is 6.85. The van der Waals surface area contributed by atoms with Gasteiger partial charge in [0.05, 0.1) is 0 Å². The Balaban J connectivity index is 3.40. The average molecular weight is 345 g/mol. The Morgan fingerprint density at radius 2 is 0.870 bits per heavy atom. The highest BCUT2D eigenvalue weighted by molar-refractivity contribution is 6.24. The molecule has 0 amide bonds. The van der Waals surface area contributed by atoms with Gasteiger partial charge in [-0.05, 0) is 18.3 Å². The van der Waals surface area contributed by atoms with E-state index in [1.54, 1.807) is 0 Å². The van der Waals surface area contributed by atoms with Crippen LogP contribution in [-0.2, 0) is 0 Å². The summed E-state index contributed by atoms with van der Waals surface area (Å²) in [6, 6.07) is 0. The number of rotatable bonds is 16. The summed E-state index contributed by atoms with van der Waals surface area (Å²) in [4.78, 5) is 0.0117. The first-order valence-electron chi connectivity index (χ1n) is 10.6. The number of halogens is 1. The van der Waals surface area contributed by atoms with Crippen LogP contribution in [0.2, 0.25) is 0 Å². The van der Waals surface area contributed by atoms with Crippen LogP contribution in [0.25, 0.3) is 0 Å². The molecule has 0 aliphatic carbocycles. The lowest BCUT2D eigenvalue weighted by molar-refractivity contribution is 0.295. The monoisotopic (exact) mass is 344 g/mol. The average Bonchev–Trinajstić information content (AvgIpc) is 2.51. The highest BCUT2D eigenvalue weighted by Gasteiger charge is 2.33. The predicted octanol–water partition coefficient (Wildman–Crippen LogP) is 8.76. The Labute approximate surface area is 153 Å². The lowest BCUT2D eigenvalue weighted by atomic mass is 9.80. The molecular formula is C22H45Cl. The van der Waals surface area contributed by atoms with Crippen molar-refractivity contribution in [2.45, 2.75) is 129 Å². The molecule has 0 aromatic carbocycles. The van der Waals surface area contributed by atoms with Crippen LogP contribution in [0.4, 0.5) is 0 Å². The third-order valence-electron chi connectivity index (χ3n) is 5.58. The zero-order valence-electron chi connectivity index (χ0n) is 16.9. The van der Waals surface area contributed by atoms with Gasteiger partial charge in [-0.2, -0.15) is 0 Å². The van der Waals surface area contributed by atoms with Gasteiger partial charge in [0, 0.05) is 4.87 Å². The van der Waals surface area contributed by atoms with Gasteiger partial charge in [-0.1, -0.05) is 118 Å². The van der Waals surface area contributed by atoms with E-state index in [-0.39, 0.29) is 4.87 Å². The van der Waals surface area contributed by atoms with E-state index >= 15 is 0 Å². The van der Waals surface area contributed by atoms with Crippen LogP contribution in [0.5, 0.6) is 0 Å². The van der Waals surface area contributed by atoms with Crippen molar-refractivity contribution in [1.82, 2.24) is 0 Å². The Morgan fingerprint density at radius 1 is 0.565 bits per heavy atom. The molecule has 0 aromatic heterocycles. The summed E-state index contributed by atoms with van der Waals surface area (Å²) in [6.45, 7) is 11.4. The zero-order chi connectivity index (χ0) is 17.6. The van der Waals surface area contributed by atoms with Crippen molar-refractivity contribution in [3.8, 4) is 0 Å². The van der Waals surface area contributed by atoms with E-state index in [0.717, 1.165) is 0 Å². The van der Waals surface area contributed by atoms with Crippen LogP contribution in [0.15, 0.2) is 0 Å². The van der Waals surface area contributed by atoms with E-state index in [4.69, 9.17) is 11.6 Å². The first-order valence-corrected chi connectivity index (χ1v) is 11.0. The highest BCUT2D eigenvalue weighted by Crippen LogP contribution is 2.38. The van der Waals surface area contributed by atoms with Crippen LogP contribution in [0.1, 0.15) is 125 Å². The van der Waals surface area contributed by atoms with Gasteiger partial charge in [0.1, 0.15) is 0 Å². The molecule has 0 aliphatic heterocycles. The Bertz CT molecular complexity index is 236. The molecule has 0 saturated heterocycles. The molecular weight excluding hydrogens is 300 g/mol. The number of alkyl halides is 1. The summed E-state index contributed by atoms with van der Waals surface area (Å²) in [5.41, 5.74) is 0. The molecule has 0 N–H and O–H groups in total. The van der Waals surface area contributed by atoms with E-state index in [9.17, 15) is 0 Å².